The van der Waals surface area contributed by atoms with Gasteiger partial charge >= 0.3 is 6.03 Å². The number of primary amides is 1. The van der Waals surface area contributed by atoms with Crippen LogP contribution in [0.4, 0.5) is 4.79 Å². The second kappa shape index (κ2) is 7.02. The molecule has 3 N–H and O–H groups in total. The van der Waals surface area contributed by atoms with E-state index in [1.54, 1.807) is 6.92 Å². The molecule has 0 saturated carbocycles. The standard InChI is InChI=1S/C14H18BrN3O3/c1-9(13(19)17-14(16)20)18-5-6-21-12(8-18)10-3-2-4-11(15)7-10/h2-4,7,9,12H,5-6,8H2,1H3,(H3,16,17,19,20)/t9-,12+/m0/s1. The summed E-state index contributed by atoms with van der Waals surface area (Å²) in [5.74, 6) is -0.391. The molecule has 114 valence electrons. The summed E-state index contributed by atoms with van der Waals surface area (Å²) in [6.45, 7) is 3.51. The van der Waals surface area contributed by atoms with Crippen LogP contribution in [0.25, 0.3) is 0 Å². The molecule has 1 aromatic rings. The molecule has 0 unspecified atom stereocenters. The van der Waals surface area contributed by atoms with Crippen molar-refractivity contribution in [1.29, 1.82) is 0 Å². The molecule has 2 atom stereocenters. The molecule has 1 heterocycles. The zero-order chi connectivity index (χ0) is 15.4. The first-order valence-electron chi connectivity index (χ1n) is 6.69. The first-order chi connectivity index (χ1) is 9.97. The van der Waals surface area contributed by atoms with Crippen LogP contribution in [-0.2, 0) is 9.53 Å². The zero-order valence-corrected chi connectivity index (χ0v) is 13.3. The van der Waals surface area contributed by atoms with Gasteiger partial charge in [0, 0.05) is 17.6 Å². The van der Waals surface area contributed by atoms with E-state index in [1.807, 2.05) is 29.2 Å². The van der Waals surface area contributed by atoms with E-state index < -0.39 is 18.0 Å². The highest BCUT2D eigenvalue weighted by atomic mass is 79.9. The quantitative estimate of drug-likeness (QED) is 0.858. The van der Waals surface area contributed by atoms with Crippen molar-refractivity contribution >= 4 is 27.9 Å². The van der Waals surface area contributed by atoms with Crippen molar-refractivity contribution in [3.05, 3.63) is 34.3 Å². The molecule has 1 saturated heterocycles. The molecular weight excluding hydrogens is 338 g/mol. The van der Waals surface area contributed by atoms with Gasteiger partial charge in [0.15, 0.2) is 0 Å². The van der Waals surface area contributed by atoms with Gasteiger partial charge in [-0.15, -0.1) is 0 Å². The third-order valence-electron chi connectivity index (χ3n) is 3.49. The lowest BCUT2D eigenvalue weighted by Crippen LogP contribution is -2.52. The van der Waals surface area contributed by atoms with E-state index in [1.165, 1.54) is 0 Å². The minimum absolute atomic E-state index is 0.0971. The Kier molecular flexibility index (Phi) is 5.33. The molecule has 21 heavy (non-hydrogen) atoms. The zero-order valence-electron chi connectivity index (χ0n) is 11.7. The van der Waals surface area contributed by atoms with Gasteiger partial charge in [-0.05, 0) is 24.6 Å². The summed E-state index contributed by atoms with van der Waals surface area (Å²) in [7, 11) is 0. The third-order valence-corrected chi connectivity index (χ3v) is 3.99. The summed E-state index contributed by atoms with van der Waals surface area (Å²) in [4.78, 5) is 24.6. The van der Waals surface area contributed by atoms with Crippen LogP contribution in [0.2, 0.25) is 0 Å². The predicted octanol–water partition coefficient (Wildman–Crippen LogP) is 1.41. The molecule has 1 aromatic carbocycles. The van der Waals surface area contributed by atoms with Gasteiger partial charge in [0.05, 0.1) is 18.8 Å². The molecule has 0 spiro atoms. The Balaban J connectivity index is 2.03. The topological polar surface area (TPSA) is 84.7 Å². The number of rotatable bonds is 3. The lowest BCUT2D eigenvalue weighted by molar-refractivity contribution is -0.128. The molecule has 6 nitrogen and oxygen atoms in total. The Morgan fingerprint density at radius 1 is 1.52 bits per heavy atom. The molecule has 1 aliphatic heterocycles. The smallest absolute Gasteiger partial charge is 0.318 e. The van der Waals surface area contributed by atoms with E-state index in [-0.39, 0.29) is 6.10 Å². The molecule has 3 amide bonds. The van der Waals surface area contributed by atoms with Crippen LogP contribution in [0.3, 0.4) is 0 Å². The number of hydrogen-bond acceptors (Lipinski definition) is 4. The maximum atomic E-state index is 11.8. The first-order valence-corrected chi connectivity index (χ1v) is 7.48. The number of nitrogens with zero attached hydrogens (tertiary/aromatic N) is 1. The number of carbonyl (C=O) groups excluding carboxylic acids is 2. The number of morpholine rings is 1. The average molecular weight is 356 g/mol. The van der Waals surface area contributed by atoms with E-state index in [0.717, 1.165) is 10.0 Å². The number of hydrogen-bond donors (Lipinski definition) is 2. The van der Waals surface area contributed by atoms with E-state index in [9.17, 15) is 9.59 Å². The van der Waals surface area contributed by atoms with Gasteiger partial charge in [0.2, 0.25) is 5.91 Å². The fraction of sp³-hybridized carbons (Fsp3) is 0.429. The van der Waals surface area contributed by atoms with Gasteiger partial charge in [-0.2, -0.15) is 0 Å². The van der Waals surface area contributed by atoms with Crippen LogP contribution < -0.4 is 11.1 Å². The SMILES string of the molecule is C[C@@H](C(=O)NC(N)=O)N1CCO[C@@H](c2cccc(Br)c2)C1. The van der Waals surface area contributed by atoms with Gasteiger partial charge in [0.25, 0.3) is 0 Å². The Morgan fingerprint density at radius 2 is 2.29 bits per heavy atom. The van der Waals surface area contributed by atoms with Crippen molar-refractivity contribution in [1.82, 2.24) is 10.2 Å². The number of urea groups is 1. The summed E-state index contributed by atoms with van der Waals surface area (Å²) in [6.07, 6.45) is -0.0971. The van der Waals surface area contributed by atoms with Crippen LogP contribution >= 0.6 is 15.9 Å². The molecule has 1 fully saturated rings. The molecule has 2 rings (SSSR count). The number of halogens is 1. The second-order valence-electron chi connectivity index (χ2n) is 4.94. The Morgan fingerprint density at radius 3 is 2.95 bits per heavy atom. The van der Waals surface area contributed by atoms with E-state index in [0.29, 0.717) is 19.7 Å². The van der Waals surface area contributed by atoms with Crippen molar-refractivity contribution in [2.24, 2.45) is 5.73 Å². The monoisotopic (exact) mass is 355 g/mol. The number of nitrogens with one attached hydrogen (secondary N) is 1. The fourth-order valence-corrected chi connectivity index (χ4v) is 2.74. The number of imide groups is 1. The normalized spacial score (nSPS) is 20.8. The predicted molar refractivity (Wildman–Crippen MR) is 81.6 cm³/mol. The highest BCUT2D eigenvalue weighted by Gasteiger charge is 2.29. The number of nitrogens with two attached hydrogens (primary N) is 1. The van der Waals surface area contributed by atoms with Crippen molar-refractivity contribution in [3.63, 3.8) is 0 Å². The van der Waals surface area contributed by atoms with Crippen LogP contribution in [0.15, 0.2) is 28.7 Å². The molecule has 1 aliphatic rings. The molecule has 0 aromatic heterocycles. The van der Waals surface area contributed by atoms with Gasteiger partial charge in [-0.3, -0.25) is 15.0 Å². The molecule has 0 aliphatic carbocycles. The minimum Gasteiger partial charge on any atom is -0.371 e. The van der Waals surface area contributed by atoms with Gasteiger partial charge in [-0.25, -0.2) is 4.79 Å². The minimum atomic E-state index is -0.830. The number of carbonyl (C=O) groups is 2. The lowest BCUT2D eigenvalue weighted by Gasteiger charge is -2.36. The second-order valence-corrected chi connectivity index (χ2v) is 5.85. The largest absolute Gasteiger partial charge is 0.371 e. The lowest BCUT2D eigenvalue weighted by atomic mass is 10.1. The van der Waals surface area contributed by atoms with Crippen LogP contribution in [-0.4, -0.2) is 42.6 Å². The Hall–Kier alpha value is -1.44. The van der Waals surface area contributed by atoms with Crippen LogP contribution in [0, 0.1) is 0 Å². The van der Waals surface area contributed by atoms with Crippen LogP contribution in [0.1, 0.15) is 18.6 Å². The first kappa shape index (κ1) is 15.9. The van der Waals surface area contributed by atoms with E-state index in [4.69, 9.17) is 10.5 Å². The molecule has 7 heteroatoms. The number of benzene rings is 1. The molecule has 0 radical (unpaired) electrons. The summed E-state index contributed by atoms with van der Waals surface area (Å²) in [6, 6.07) is 6.63. The summed E-state index contributed by atoms with van der Waals surface area (Å²) in [5, 5.41) is 2.11. The highest BCUT2D eigenvalue weighted by molar-refractivity contribution is 9.10. The van der Waals surface area contributed by atoms with Crippen molar-refractivity contribution in [2.45, 2.75) is 19.1 Å². The van der Waals surface area contributed by atoms with Crippen molar-refractivity contribution < 1.29 is 14.3 Å². The van der Waals surface area contributed by atoms with Gasteiger partial charge < -0.3 is 10.5 Å². The van der Waals surface area contributed by atoms with Crippen molar-refractivity contribution in [2.75, 3.05) is 19.7 Å². The number of amides is 3. The third kappa shape index (κ3) is 4.26. The molecular formula is C14H18BrN3O3. The van der Waals surface area contributed by atoms with Gasteiger partial charge in [0.1, 0.15) is 0 Å². The van der Waals surface area contributed by atoms with Crippen molar-refractivity contribution in [3.8, 4) is 0 Å². The summed E-state index contributed by atoms with van der Waals surface area (Å²) < 4.78 is 6.76. The van der Waals surface area contributed by atoms with Crippen LogP contribution in [0.5, 0.6) is 0 Å². The van der Waals surface area contributed by atoms with Gasteiger partial charge in [-0.1, -0.05) is 28.1 Å². The number of ether oxygens (including phenoxy) is 1. The maximum absolute atomic E-state index is 11.8. The van der Waals surface area contributed by atoms with E-state index in [2.05, 4.69) is 21.2 Å². The summed E-state index contributed by atoms with van der Waals surface area (Å²) in [5.41, 5.74) is 6.03. The Bertz CT molecular complexity index is 538. The molecule has 0 bridgehead atoms. The summed E-state index contributed by atoms with van der Waals surface area (Å²) >= 11 is 3.44. The van der Waals surface area contributed by atoms with E-state index >= 15 is 0 Å². The highest BCUT2D eigenvalue weighted by Crippen LogP contribution is 2.25. The Labute approximate surface area is 131 Å². The fourth-order valence-electron chi connectivity index (χ4n) is 2.32. The maximum Gasteiger partial charge on any atom is 0.318 e. The average Bonchev–Trinajstić information content (AvgIpc) is 2.46.